The molecule has 0 radical (unpaired) electrons. The summed E-state index contributed by atoms with van der Waals surface area (Å²) >= 11 is 0. The molecule has 0 aliphatic carbocycles. The first-order valence-corrected chi connectivity index (χ1v) is 9.80. The Bertz CT molecular complexity index is 1190. The van der Waals surface area contributed by atoms with Gasteiger partial charge in [-0.2, -0.15) is 5.10 Å². The van der Waals surface area contributed by atoms with Crippen LogP contribution in [-0.4, -0.2) is 32.8 Å². The van der Waals surface area contributed by atoms with E-state index in [0.29, 0.717) is 40.7 Å². The molecule has 1 aliphatic heterocycles. The number of rotatable bonds is 4. The minimum absolute atomic E-state index is 0.0676. The number of imidazole rings is 1. The molecule has 1 saturated heterocycles. The van der Waals surface area contributed by atoms with Crippen molar-refractivity contribution in [3.05, 3.63) is 66.5 Å². The van der Waals surface area contributed by atoms with Crippen LogP contribution in [0.2, 0.25) is 0 Å². The Morgan fingerprint density at radius 1 is 1.13 bits per heavy atom. The summed E-state index contributed by atoms with van der Waals surface area (Å²) in [7, 11) is 0. The van der Waals surface area contributed by atoms with Crippen molar-refractivity contribution >= 4 is 11.3 Å². The zero-order chi connectivity index (χ0) is 20.5. The molecule has 2 aromatic heterocycles. The van der Waals surface area contributed by atoms with Gasteiger partial charge >= 0.3 is 0 Å². The molecule has 7 nitrogen and oxygen atoms in total. The van der Waals surface area contributed by atoms with Gasteiger partial charge in [0.15, 0.2) is 5.82 Å². The maximum Gasteiger partial charge on any atom is 0.153 e. The summed E-state index contributed by atoms with van der Waals surface area (Å²) in [5.74, 6) is 1.60. The summed E-state index contributed by atoms with van der Waals surface area (Å²) in [5, 5.41) is 4.33. The van der Waals surface area contributed by atoms with Crippen LogP contribution in [0, 0.1) is 5.82 Å². The average Bonchev–Trinajstić information content (AvgIpc) is 3.16. The predicted molar refractivity (Wildman–Crippen MR) is 110 cm³/mol. The van der Waals surface area contributed by atoms with Crippen molar-refractivity contribution in [1.82, 2.24) is 19.6 Å². The van der Waals surface area contributed by atoms with Crippen LogP contribution >= 0.6 is 0 Å². The molecule has 3 heterocycles. The van der Waals surface area contributed by atoms with Crippen molar-refractivity contribution in [2.45, 2.75) is 18.8 Å². The number of fused-ring (bicyclic) bond motifs is 1. The van der Waals surface area contributed by atoms with Gasteiger partial charge in [0.05, 0.1) is 6.61 Å². The minimum atomic E-state index is -0.460. The van der Waals surface area contributed by atoms with Gasteiger partial charge in [0.25, 0.3) is 0 Å². The normalized spacial score (nSPS) is 16.6. The van der Waals surface area contributed by atoms with E-state index in [4.69, 9.17) is 20.2 Å². The Morgan fingerprint density at radius 2 is 2.00 bits per heavy atom. The van der Waals surface area contributed by atoms with Gasteiger partial charge in [-0.05, 0) is 37.1 Å². The average molecular weight is 405 g/mol. The molecule has 4 aromatic rings. The Labute approximate surface area is 172 Å². The van der Waals surface area contributed by atoms with E-state index < -0.39 is 5.82 Å². The summed E-state index contributed by atoms with van der Waals surface area (Å²) in [6.07, 6.45) is 3.25. The molecule has 30 heavy (non-hydrogen) atoms. The van der Waals surface area contributed by atoms with Crippen LogP contribution in [0.15, 0.2) is 54.9 Å². The fourth-order valence-corrected chi connectivity index (χ4v) is 3.75. The van der Waals surface area contributed by atoms with Crippen LogP contribution in [0.1, 0.15) is 24.6 Å². The van der Waals surface area contributed by atoms with Crippen LogP contribution in [0.25, 0.3) is 16.8 Å². The van der Waals surface area contributed by atoms with Gasteiger partial charge in [0, 0.05) is 24.2 Å². The number of para-hydroxylation sites is 1. The first kappa shape index (κ1) is 18.5. The van der Waals surface area contributed by atoms with E-state index in [0.717, 1.165) is 19.4 Å². The molecular formula is C22H20FN5O2. The topological polar surface area (TPSA) is 87.6 Å². The highest BCUT2D eigenvalue weighted by molar-refractivity contribution is 5.85. The van der Waals surface area contributed by atoms with Gasteiger partial charge in [0.2, 0.25) is 0 Å². The molecule has 0 saturated carbocycles. The summed E-state index contributed by atoms with van der Waals surface area (Å²) in [6, 6.07) is 13.9. The van der Waals surface area contributed by atoms with Crippen molar-refractivity contribution in [2.75, 3.05) is 18.9 Å². The largest absolute Gasteiger partial charge is 0.457 e. The molecule has 0 spiro atoms. The molecule has 1 atom stereocenters. The molecule has 2 aromatic carbocycles. The smallest absolute Gasteiger partial charge is 0.153 e. The Hall–Kier alpha value is -3.52. The zero-order valence-electron chi connectivity index (χ0n) is 16.2. The fraction of sp³-hybridized carbons (Fsp3) is 0.227. The van der Waals surface area contributed by atoms with Crippen LogP contribution in [0.3, 0.4) is 0 Å². The molecular weight excluding hydrogens is 385 g/mol. The van der Waals surface area contributed by atoms with Crippen molar-refractivity contribution in [2.24, 2.45) is 0 Å². The highest BCUT2D eigenvalue weighted by Crippen LogP contribution is 2.35. The van der Waals surface area contributed by atoms with Crippen molar-refractivity contribution in [3.8, 4) is 22.8 Å². The Kier molecular flexibility index (Phi) is 4.76. The highest BCUT2D eigenvalue weighted by atomic mass is 19.1. The number of benzene rings is 2. The monoisotopic (exact) mass is 405 g/mol. The number of ether oxygens (including phenoxy) is 2. The number of aromatic nitrogens is 4. The maximum absolute atomic E-state index is 15.1. The summed E-state index contributed by atoms with van der Waals surface area (Å²) in [4.78, 5) is 8.82. The van der Waals surface area contributed by atoms with Gasteiger partial charge in [-0.3, -0.25) is 0 Å². The standard InChI is InChI=1S/C22H20FN5O2/c23-18-11-16(30-15-6-2-1-3-7-15)8-9-17(18)19-20-21(24)25-13-26-28(20)22(27-19)14-5-4-10-29-12-14/h1-3,6-9,11,13-14H,4-5,10,12H2,(H2,24,25,26). The van der Waals surface area contributed by atoms with Crippen LogP contribution in [0.5, 0.6) is 11.5 Å². The van der Waals surface area contributed by atoms with E-state index in [1.807, 2.05) is 30.3 Å². The number of hydrogen-bond acceptors (Lipinski definition) is 6. The Balaban J connectivity index is 1.57. The number of nitrogens with zero attached hydrogens (tertiary/aromatic N) is 4. The quantitative estimate of drug-likeness (QED) is 0.548. The molecule has 8 heteroatoms. The second kappa shape index (κ2) is 7.72. The molecule has 5 rings (SSSR count). The first-order chi connectivity index (χ1) is 14.7. The van der Waals surface area contributed by atoms with Crippen molar-refractivity contribution < 1.29 is 13.9 Å². The lowest BCUT2D eigenvalue weighted by Crippen LogP contribution is -2.18. The lowest BCUT2D eigenvalue weighted by atomic mass is 10.0. The molecule has 0 bridgehead atoms. The number of anilines is 1. The summed E-state index contributed by atoms with van der Waals surface area (Å²) in [6.45, 7) is 1.29. The number of nitrogens with two attached hydrogens (primary N) is 1. The second-order valence-electron chi connectivity index (χ2n) is 7.20. The SMILES string of the molecule is Nc1ncnn2c(C3CCCOC3)nc(-c3ccc(Oc4ccccc4)cc3F)c12. The minimum Gasteiger partial charge on any atom is -0.457 e. The van der Waals surface area contributed by atoms with E-state index in [2.05, 4.69) is 10.1 Å². The van der Waals surface area contributed by atoms with Crippen LogP contribution in [0.4, 0.5) is 10.2 Å². The zero-order valence-corrected chi connectivity index (χ0v) is 16.2. The van der Waals surface area contributed by atoms with E-state index in [1.54, 1.807) is 16.6 Å². The maximum atomic E-state index is 15.1. The number of halogens is 1. The number of hydrogen-bond donors (Lipinski definition) is 1. The first-order valence-electron chi connectivity index (χ1n) is 9.80. The lowest BCUT2D eigenvalue weighted by Gasteiger charge is -2.20. The lowest BCUT2D eigenvalue weighted by molar-refractivity contribution is 0.0776. The van der Waals surface area contributed by atoms with Gasteiger partial charge in [-0.25, -0.2) is 18.9 Å². The van der Waals surface area contributed by atoms with E-state index >= 15 is 4.39 Å². The van der Waals surface area contributed by atoms with E-state index in [9.17, 15) is 0 Å². The molecule has 2 N–H and O–H groups in total. The molecule has 152 valence electrons. The van der Waals surface area contributed by atoms with Crippen LogP contribution in [-0.2, 0) is 4.74 Å². The third-order valence-corrected chi connectivity index (χ3v) is 5.19. The third-order valence-electron chi connectivity index (χ3n) is 5.19. The molecule has 1 fully saturated rings. The molecule has 1 unspecified atom stereocenters. The second-order valence-corrected chi connectivity index (χ2v) is 7.20. The number of nitrogen functional groups attached to an aromatic ring is 1. The van der Waals surface area contributed by atoms with Gasteiger partial charge in [-0.1, -0.05) is 18.2 Å². The molecule has 1 aliphatic rings. The van der Waals surface area contributed by atoms with Crippen molar-refractivity contribution in [1.29, 1.82) is 0 Å². The van der Waals surface area contributed by atoms with E-state index in [-0.39, 0.29) is 11.7 Å². The Morgan fingerprint density at radius 3 is 2.77 bits per heavy atom. The fourth-order valence-electron chi connectivity index (χ4n) is 3.75. The highest BCUT2D eigenvalue weighted by Gasteiger charge is 2.26. The van der Waals surface area contributed by atoms with Crippen molar-refractivity contribution in [3.63, 3.8) is 0 Å². The van der Waals surface area contributed by atoms with E-state index in [1.165, 1.54) is 12.4 Å². The summed E-state index contributed by atoms with van der Waals surface area (Å²) < 4.78 is 28.1. The van der Waals surface area contributed by atoms with Crippen LogP contribution < -0.4 is 10.5 Å². The van der Waals surface area contributed by atoms with Gasteiger partial charge in [0.1, 0.15) is 40.7 Å². The van der Waals surface area contributed by atoms with Gasteiger partial charge < -0.3 is 15.2 Å². The summed E-state index contributed by atoms with van der Waals surface area (Å²) in [5.41, 5.74) is 7.35. The molecule has 0 amide bonds. The predicted octanol–water partition coefficient (Wildman–Crippen LogP) is 4.20. The third kappa shape index (κ3) is 3.35. The van der Waals surface area contributed by atoms with Gasteiger partial charge in [-0.15, -0.1) is 0 Å².